The molecule has 1 rings (SSSR count). The van der Waals surface area contributed by atoms with Crippen LogP contribution < -0.4 is 5.32 Å². The average molecular weight is 239 g/mol. The number of ether oxygens (including phenoxy) is 1. The maximum atomic E-state index is 11.6. The zero-order chi connectivity index (χ0) is 13.1. The normalized spacial score (nSPS) is 18.2. The van der Waals surface area contributed by atoms with E-state index in [1.807, 2.05) is 27.7 Å². The highest BCUT2D eigenvalue weighted by atomic mass is 16.6. The zero-order valence-electron chi connectivity index (χ0n) is 11.0. The van der Waals surface area contributed by atoms with Crippen molar-refractivity contribution in [3.8, 4) is 6.07 Å². The second-order valence-electron chi connectivity index (χ2n) is 5.52. The molecule has 0 radical (unpaired) electrons. The Labute approximate surface area is 103 Å². The van der Waals surface area contributed by atoms with Gasteiger partial charge < -0.3 is 15.0 Å². The van der Waals surface area contributed by atoms with Gasteiger partial charge in [0, 0.05) is 25.7 Å². The molecule has 0 aromatic heterocycles. The molecule has 0 aromatic carbocycles. The molecule has 1 aliphatic heterocycles. The summed E-state index contributed by atoms with van der Waals surface area (Å²) < 4.78 is 5.24. The van der Waals surface area contributed by atoms with E-state index in [4.69, 9.17) is 10.00 Å². The Morgan fingerprint density at radius 2 is 2.18 bits per heavy atom. The summed E-state index contributed by atoms with van der Waals surface area (Å²) >= 11 is 0. The summed E-state index contributed by atoms with van der Waals surface area (Å²) in [5, 5.41) is 11.9. The number of nitrogens with one attached hydrogen (secondary N) is 1. The number of likely N-dealkylation sites (tertiary alicyclic amines) is 1. The van der Waals surface area contributed by atoms with Crippen molar-refractivity contribution in [2.75, 3.05) is 19.6 Å². The fourth-order valence-corrected chi connectivity index (χ4v) is 1.47. The Kier molecular flexibility index (Phi) is 4.35. The van der Waals surface area contributed by atoms with E-state index in [0.717, 1.165) is 0 Å². The topological polar surface area (TPSA) is 65.4 Å². The number of amides is 1. The molecule has 1 N–H and O–H groups in total. The molecule has 96 valence electrons. The van der Waals surface area contributed by atoms with Crippen molar-refractivity contribution in [2.45, 2.75) is 39.3 Å². The lowest BCUT2D eigenvalue weighted by molar-refractivity contribution is 0.00523. The van der Waals surface area contributed by atoms with Crippen LogP contribution in [0.5, 0.6) is 0 Å². The largest absolute Gasteiger partial charge is 0.444 e. The summed E-state index contributed by atoms with van der Waals surface area (Å²) in [7, 11) is 0. The van der Waals surface area contributed by atoms with Crippen LogP contribution in [-0.4, -0.2) is 42.3 Å². The summed E-state index contributed by atoms with van der Waals surface area (Å²) in [6.07, 6.45) is -0.260. The van der Waals surface area contributed by atoms with Gasteiger partial charge in [-0.1, -0.05) is 0 Å². The van der Waals surface area contributed by atoms with E-state index in [0.29, 0.717) is 25.7 Å². The summed E-state index contributed by atoms with van der Waals surface area (Å²) in [5.74, 6) is 0.00516. The van der Waals surface area contributed by atoms with E-state index in [-0.39, 0.29) is 12.0 Å². The van der Waals surface area contributed by atoms with Gasteiger partial charge in [0.2, 0.25) is 0 Å². The van der Waals surface area contributed by atoms with Crippen LogP contribution in [0.4, 0.5) is 4.79 Å². The molecule has 1 saturated heterocycles. The number of nitriles is 1. The highest BCUT2D eigenvalue weighted by Gasteiger charge is 2.33. The lowest BCUT2D eigenvalue weighted by Gasteiger charge is -2.40. The van der Waals surface area contributed by atoms with Gasteiger partial charge in [-0.05, 0) is 27.7 Å². The van der Waals surface area contributed by atoms with E-state index in [1.165, 1.54) is 0 Å². The van der Waals surface area contributed by atoms with Gasteiger partial charge in [0.1, 0.15) is 5.60 Å². The standard InChI is InChI=1S/C12H21N3O2/c1-9(5-13)6-14-10-7-15(8-10)11(16)17-12(2,3)4/h9-10,14H,6-8H2,1-4H3. The first-order valence-corrected chi connectivity index (χ1v) is 5.93. The van der Waals surface area contributed by atoms with Gasteiger partial charge in [0.15, 0.2) is 0 Å². The minimum atomic E-state index is -0.440. The first-order valence-electron chi connectivity index (χ1n) is 5.93. The highest BCUT2D eigenvalue weighted by Crippen LogP contribution is 2.15. The van der Waals surface area contributed by atoms with E-state index >= 15 is 0 Å². The van der Waals surface area contributed by atoms with Crippen LogP contribution in [0.15, 0.2) is 0 Å². The SMILES string of the molecule is CC(C#N)CNC1CN(C(=O)OC(C)(C)C)C1. The second-order valence-corrected chi connectivity index (χ2v) is 5.52. The molecule has 0 bridgehead atoms. The minimum Gasteiger partial charge on any atom is -0.444 e. The quantitative estimate of drug-likeness (QED) is 0.807. The van der Waals surface area contributed by atoms with Crippen LogP contribution in [0.1, 0.15) is 27.7 Å². The summed E-state index contributed by atoms with van der Waals surface area (Å²) in [5.41, 5.74) is -0.440. The zero-order valence-corrected chi connectivity index (χ0v) is 11.0. The third kappa shape index (κ3) is 4.61. The number of carbonyl (C=O) groups excluding carboxylic acids is 1. The summed E-state index contributed by atoms with van der Waals surface area (Å²) in [6.45, 7) is 9.43. The molecule has 0 aromatic rings. The van der Waals surface area contributed by atoms with Gasteiger partial charge in [-0.2, -0.15) is 5.26 Å². The molecule has 5 heteroatoms. The van der Waals surface area contributed by atoms with E-state index < -0.39 is 5.60 Å². The molecule has 1 unspecified atom stereocenters. The summed E-state index contributed by atoms with van der Waals surface area (Å²) in [6, 6.07) is 2.46. The number of nitrogens with zero attached hydrogens (tertiary/aromatic N) is 2. The van der Waals surface area contributed by atoms with Crippen molar-refractivity contribution in [3.63, 3.8) is 0 Å². The van der Waals surface area contributed by atoms with Crippen molar-refractivity contribution < 1.29 is 9.53 Å². The molecule has 0 spiro atoms. The fraction of sp³-hybridized carbons (Fsp3) is 0.833. The monoisotopic (exact) mass is 239 g/mol. The predicted octanol–water partition coefficient (Wildman–Crippen LogP) is 1.35. The van der Waals surface area contributed by atoms with Crippen LogP contribution in [0.25, 0.3) is 0 Å². The molecule has 1 aliphatic rings. The Morgan fingerprint density at radius 1 is 1.59 bits per heavy atom. The maximum Gasteiger partial charge on any atom is 0.410 e. The number of hydrogen-bond donors (Lipinski definition) is 1. The fourth-order valence-electron chi connectivity index (χ4n) is 1.47. The molecule has 1 fully saturated rings. The molecular formula is C12H21N3O2. The summed E-state index contributed by atoms with van der Waals surface area (Å²) in [4.78, 5) is 13.3. The van der Waals surface area contributed by atoms with Gasteiger partial charge in [-0.3, -0.25) is 0 Å². The number of rotatable bonds is 3. The van der Waals surface area contributed by atoms with Gasteiger partial charge in [-0.25, -0.2) is 4.79 Å². The van der Waals surface area contributed by atoms with E-state index in [9.17, 15) is 4.79 Å². The van der Waals surface area contributed by atoms with Crippen molar-refractivity contribution in [1.29, 1.82) is 5.26 Å². The highest BCUT2D eigenvalue weighted by molar-refractivity contribution is 5.69. The minimum absolute atomic E-state index is 0.00516. The van der Waals surface area contributed by atoms with Crippen molar-refractivity contribution in [3.05, 3.63) is 0 Å². The Hall–Kier alpha value is -1.28. The van der Waals surface area contributed by atoms with Crippen LogP contribution in [-0.2, 0) is 4.74 Å². The van der Waals surface area contributed by atoms with Gasteiger partial charge >= 0.3 is 6.09 Å². The number of hydrogen-bond acceptors (Lipinski definition) is 4. The first-order chi connectivity index (χ1) is 7.81. The van der Waals surface area contributed by atoms with Crippen LogP contribution in [0, 0.1) is 17.2 Å². The van der Waals surface area contributed by atoms with E-state index in [2.05, 4.69) is 11.4 Å². The Morgan fingerprint density at radius 3 is 2.65 bits per heavy atom. The molecule has 0 saturated carbocycles. The first kappa shape index (κ1) is 13.8. The molecular weight excluding hydrogens is 218 g/mol. The van der Waals surface area contributed by atoms with Gasteiger partial charge in [-0.15, -0.1) is 0 Å². The molecule has 1 atom stereocenters. The molecule has 1 amide bonds. The third-order valence-electron chi connectivity index (χ3n) is 2.47. The molecule has 1 heterocycles. The van der Waals surface area contributed by atoms with Crippen molar-refractivity contribution >= 4 is 6.09 Å². The van der Waals surface area contributed by atoms with Crippen molar-refractivity contribution in [2.24, 2.45) is 5.92 Å². The second kappa shape index (κ2) is 5.37. The Bertz CT molecular complexity index is 311. The van der Waals surface area contributed by atoms with Crippen LogP contribution in [0.3, 0.4) is 0 Å². The van der Waals surface area contributed by atoms with Gasteiger partial charge in [0.05, 0.1) is 12.0 Å². The predicted molar refractivity (Wildman–Crippen MR) is 64.4 cm³/mol. The van der Waals surface area contributed by atoms with Crippen LogP contribution >= 0.6 is 0 Å². The molecule has 0 aliphatic carbocycles. The van der Waals surface area contributed by atoms with Crippen LogP contribution in [0.2, 0.25) is 0 Å². The van der Waals surface area contributed by atoms with E-state index in [1.54, 1.807) is 4.90 Å². The van der Waals surface area contributed by atoms with Gasteiger partial charge in [0.25, 0.3) is 0 Å². The molecule has 17 heavy (non-hydrogen) atoms. The lowest BCUT2D eigenvalue weighted by Crippen LogP contribution is -2.61. The van der Waals surface area contributed by atoms with Crippen molar-refractivity contribution in [1.82, 2.24) is 10.2 Å². The smallest absolute Gasteiger partial charge is 0.410 e. The maximum absolute atomic E-state index is 11.6. The Balaban J connectivity index is 2.19. The number of carbonyl (C=O) groups is 1. The lowest BCUT2D eigenvalue weighted by atomic mass is 10.1. The third-order valence-corrected chi connectivity index (χ3v) is 2.47. The average Bonchev–Trinajstić information content (AvgIpc) is 2.11. The molecule has 5 nitrogen and oxygen atoms in total.